The minimum atomic E-state index is -0.922. The van der Waals surface area contributed by atoms with Crippen LogP contribution in [-0.4, -0.2) is 56.2 Å². The van der Waals surface area contributed by atoms with Crippen molar-refractivity contribution in [1.29, 1.82) is 0 Å². The summed E-state index contributed by atoms with van der Waals surface area (Å²) < 4.78 is 16.0. The molecule has 0 aliphatic carbocycles. The normalized spacial score (nSPS) is 17.8. The van der Waals surface area contributed by atoms with Crippen molar-refractivity contribution >= 4 is 40.7 Å². The Morgan fingerprint density at radius 3 is 2.42 bits per heavy atom. The fourth-order valence-corrected chi connectivity index (χ4v) is 3.85. The molecule has 1 aliphatic rings. The average molecular weight is 466 g/mol. The predicted octanol–water partition coefficient (Wildman–Crippen LogP) is 4.08. The van der Waals surface area contributed by atoms with Crippen LogP contribution in [0.5, 0.6) is 11.5 Å². The van der Waals surface area contributed by atoms with E-state index in [-0.39, 0.29) is 35.1 Å². The van der Waals surface area contributed by atoms with E-state index in [1.165, 1.54) is 44.4 Å². The van der Waals surface area contributed by atoms with E-state index in [9.17, 15) is 14.7 Å². The lowest BCUT2D eigenvalue weighted by Crippen LogP contribution is -2.32. The Hall–Kier alpha value is -2.74. The fourth-order valence-electron chi connectivity index (χ4n) is 3.55. The molecule has 0 saturated carbocycles. The lowest BCUT2D eigenvalue weighted by molar-refractivity contribution is -0.140. The van der Waals surface area contributed by atoms with Crippen molar-refractivity contribution in [2.45, 2.75) is 6.04 Å². The molecular formula is C22H21Cl2NO6. The fraction of sp³-hybridized carbons (Fsp3) is 0.273. The minimum absolute atomic E-state index is 0.0916. The second-order valence-corrected chi connectivity index (χ2v) is 7.51. The number of likely N-dealkylation sites (tertiary alicyclic amines) is 1. The van der Waals surface area contributed by atoms with Crippen LogP contribution in [0.2, 0.25) is 10.0 Å². The van der Waals surface area contributed by atoms with Gasteiger partial charge in [0.2, 0.25) is 0 Å². The molecule has 1 amide bonds. The molecule has 1 saturated heterocycles. The van der Waals surface area contributed by atoms with Crippen molar-refractivity contribution in [3.05, 3.63) is 63.1 Å². The molecule has 1 atom stereocenters. The number of hydrogen-bond acceptors (Lipinski definition) is 6. The molecule has 1 aliphatic heterocycles. The highest BCUT2D eigenvalue weighted by Crippen LogP contribution is 2.45. The Labute approximate surface area is 189 Å². The highest BCUT2D eigenvalue weighted by molar-refractivity contribution is 6.47. The van der Waals surface area contributed by atoms with Gasteiger partial charge in [0.1, 0.15) is 5.76 Å². The van der Waals surface area contributed by atoms with Crippen LogP contribution in [0.15, 0.2) is 42.0 Å². The van der Waals surface area contributed by atoms with Crippen LogP contribution in [0.25, 0.3) is 5.76 Å². The summed E-state index contributed by atoms with van der Waals surface area (Å²) in [5, 5.41) is 11.6. The van der Waals surface area contributed by atoms with E-state index in [0.29, 0.717) is 22.1 Å². The van der Waals surface area contributed by atoms with E-state index < -0.39 is 17.7 Å². The molecule has 31 heavy (non-hydrogen) atoms. The molecule has 7 nitrogen and oxygen atoms in total. The summed E-state index contributed by atoms with van der Waals surface area (Å²) in [5.41, 5.74) is 0.649. The molecule has 1 N–H and O–H groups in total. The number of ether oxygens (including phenoxy) is 3. The van der Waals surface area contributed by atoms with E-state index in [1.807, 2.05) is 0 Å². The van der Waals surface area contributed by atoms with Crippen LogP contribution in [0.4, 0.5) is 0 Å². The Bertz CT molecular complexity index is 1050. The van der Waals surface area contributed by atoms with Crippen LogP contribution in [-0.2, 0) is 14.3 Å². The predicted molar refractivity (Wildman–Crippen MR) is 117 cm³/mol. The summed E-state index contributed by atoms with van der Waals surface area (Å²) in [7, 11) is 4.44. The van der Waals surface area contributed by atoms with Crippen LogP contribution in [0, 0.1) is 0 Å². The zero-order valence-electron chi connectivity index (χ0n) is 17.1. The number of aliphatic hydroxyl groups is 1. The number of benzene rings is 2. The molecule has 9 heteroatoms. The lowest BCUT2D eigenvalue weighted by atomic mass is 9.94. The Kier molecular flexibility index (Phi) is 7.10. The van der Waals surface area contributed by atoms with Crippen molar-refractivity contribution in [1.82, 2.24) is 4.90 Å². The Balaban J connectivity index is 2.27. The molecule has 3 rings (SSSR count). The molecule has 0 bridgehead atoms. The van der Waals surface area contributed by atoms with Crippen LogP contribution >= 0.6 is 23.2 Å². The summed E-state index contributed by atoms with van der Waals surface area (Å²) >= 11 is 12.1. The number of carbonyl (C=O) groups excluding carboxylic acids is 2. The summed E-state index contributed by atoms with van der Waals surface area (Å²) in [6.45, 7) is 0.326. The number of rotatable bonds is 7. The average Bonchev–Trinajstić information content (AvgIpc) is 3.02. The van der Waals surface area contributed by atoms with Gasteiger partial charge in [-0.2, -0.15) is 0 Å². The second-order valence-electron chi connectivity index (χ2n) is 6.70. The van der Waals surface area contributed by atoms with Gasteiger partial charge in [-0.1, -0.05) is 35.3 Å². The van der Waals surface area contributed by atoms with Gasteiger partial charge in [0.25, 0.3) is 11.7 Å². The third-order valence-corrected chi connectivity index (χ3v) is 5.74. The quantitative estimate of drug-likeness (QED) is 0.376. The molecule has 2 aromatic carbocycles. The molecule has 0 radical (unpaired) electrons. The first kappa shape index (κ1) is 22.9. The van der Waals surface area contributed by atoms with E-state index in [4.69, 9.17) is 37.4 Å². The molecular weight excluding hydrogens is 445 g/mol. The lowest BCUT2D eigenvalue weighted by Gasteiger charge is -2.27. The topological polar surface area (TPSA) is 85.3 Å². The Morgan fingerprint density at radius 1 is 1.06 bits per heavy atom. The number of halogens is 2. The maximum Gasteiger partial charge on any atom is 0.295 e. The van der Waals surface area contributed by atoms with Gasteiger partial charge >= 0.3 is 0 Å². The highest BCUT2D eigenvalue weighted by Gasteiger charge is 2.47. The zero-order chi connectivity index (χ0) is 22.7. The Morgan fingerprint density at radius 2 is 1.81 bits per heavy atom. The molecule has 0 aromatic heterocycles. The van der Waals surface area contributed by atoms with Gasteiger partial charge in [0, 0.05) is 24.8 Å². The number of carbonyl (C=O) groups is 2. The van der Waals surface area contributed by atoms with Crippen LogP contribution in [0.3, 0.4) is 0 Å². The van der Waals surface area contributed by atoms with Gasteiger partial charge < -0.3 is 24.2 Å². The number of amides is 1. The summed E-state index contributed by atoms with van der Waals surface area (Å²) in [4.78, 5) is 27.2. The van der Waals surface area contributed by atoms with Gasteiger partial charge in [-0.15, -0.1) is 0 Å². The van der Waals surface area contributed by atoms with Crippen molar-refractivity contribution in [3.8, 4) is 11.5 Å². The molecule has 164 valence electrons. The van der Waals surface area contributed by atoms with E-state index in [2.05, 4.69) is 0 Å². The van der Waals surface area contributed by atoms with Gasteiger partial charge in [0.15, 0.2) is 11.5 Å². The largest absolute Gasteiger partial charge is 0.507 e. The van der Waals surface area contributed by atoms with E-state index >= 15 is 0 Å². The standard InChI is InChI=1S/C22H21Cl2NO6/c1-29-10-9-25-18(13-5-4-6-16(30-2)21(13)31-3)17(20(27)22(25)28)19(26)12-7-8-14(23)15(24)11-12/h4-8,11,18,26H,9-10H2,1-3H3/b19-17+. The van der Waals surface area contributed by atoms with Crippen LogP contribution < -0.4 is 9.47 Å². The smallest absolute Gasteiger partial charge is 0.295 e. The maximum absolute atomic E-state index is 13.0. The van der Waals surface area contributed by atoms with Gasteiger partial charge in [0.05, 0.1) is 42.5 Å². The summed E-state index contributed by atoms with van der Waals surface area (Å²) in [5.74, 6) is -1.18. The van der Waals surface area contributed by atoms with Crippen molar-refractivity contribution in [3.63, 3.8) is 0 Å². The van der Waals surface area contributed by atoms with E-state index in [1.54, 1.807) is 18.2 Å². The summed E-state index contributed by atoms with van der Waals surface area (Å²) in [6, 6.07) is 8.65. The van der Waals surface area contributed by atoms with E-state index in [0.717, 1.165) is 0 Å². The number of para-hydroxylation sites is 1. The molecule has 1 unspecified atom stereocenters. The molecule has 0 spiro atoms. The van der Waals surface area contributed by atoms with Crippen molar-refractivity contribution in [2.75, 3.05) is 34.5 Å². The van der Waals surface area contributed by atoms with Crippen molar-refractivity contribution in [2.24, 2.45) is 0 Å². The van der Waals surface area contributed by atoms with Gasteiger partial charge in [-0.25, -0.2) is 0 Å². The molecule has 1 heterocycles. The minimum Gasteiger partial charge on any atom is -0.507 e. The first-order valence-corrected chi connectivity index (χ1v) is 10.0. The number of hydrogen-bond donors (Lipinski definition) is 1. The third kappa shape index (κ3) is 4.21. The highest BCUT2D eigenvalue weighted by atomic mass is 35.5. The number of nitrogens with zero attached hydrogens (tertiary/aromatic N) is 1. The summed E-state index contributed by atoms with van der Waals surface area (Å²) in [6.07, 6.45) is 0. The van der Waals surface area contributed by atoms with Crippen molar-refractivity contribution < 1.29 is 28.9 Å². The zero-order valence-corrected chi connectivity index (χ0v) is 18.7. The number of Topliss-reactive ketones (excluding diaryl/α,β-unsaturated/α-hetero) is 1. The van der Waals surface area contributed by atoms with Crippen LogP contribution in [0.1, 0.15) is 17.2 Å². The number of methoxy groups -OCH3 is 3. The van der Waals surface area contributed by atoms with Gasteiger partial charge in [-0.05, 0) is 24.3 Å². The third-order valence-electron chi connectivity index (χ3n) is 5.00. The second kappa shape index (κ2) is 9.60. The monoisotopic (exact) mass is 465 g/mol. The molecule has 2 aromatic rings. The number of ketones is 1. The number of aliphatic hydroxyl groups excluding tert-OH is 1. The first-order chi connectivity index (χ1) is 14.8. The maximum atomic E-state index is 13.0. The first-order valence-electron chi connectivity index (χ1n) is 9.29. The molecule has 1 fully saturated rings. The van der Waals surface area contributed by atoms with Gasteiger partial charge in [-0.3, -0.25) is 9.59 Å². The SMILES string of the molecule is COCCN1C(=O)C(=O)/C(=C(/O)c2ccc(Cl)c(Cl)c2)C1c1cccc(OC)c1OC.